The van der Waals surface area contributed by atoms with E-state index in [0.717, 1.165) is 5.92 Å². The van der Waals surface area contributed by atoms with Crippen molar-refractivity contribution < 1.29 is 0 Å². The molecule has 0 bridgehead atoms. The Bertz CT molecular complexity index is 343. The van der Waals surface area contributed by atoms with Gasteiger partial charge in [0.25, 0.3) is 0 Å². The molecule has 12 heavy (non-hydrogen) atoms. The van der Waals surface area contributed by atoms with Gasteiger partial charge in [0.1, 0.15) is 0 Å². The predicted molar refractivity (Wildman–Crippen MR) is 49.2 cm³/mol. The van der Waals surface area contributed by atoms with Crippen LogP contribution < -0.4 is 5.43 Å². The Labute approximate surface area is 72.1 Å². The third-order valence-electron chi connectivity index (χ3n) is 2.53. The molecule has 1 saturated carbocycles. The van der Waals surface area contributed by atoms with Crippen molar-refractivity contribution in [3.63, 3.8) is 0 Å². The van der Waals surface area contributed by atoms with E-state index in [1.54, 1.807) is 12.1 Å². The normalized spacial score (nSPS) is 26.8. The Morgan fingerprint density at radius 3 is 2.67 bits per heavy atom. The van der Waals surface area contributed by atoms with E-state index in [-0.39, 0.29) is 5.43 Å². The van der Waals surface area contributed by atoms with Crippen LogP contribution in [-0.2, 0) is 0 Å². The smallest absolute Gasteiger partial charge is 0.178 e. The maximum absolute atomic E-state index is 10.9. The fraction of sp³-hybridized carbons (Fsp3) is 0.364. The first-order chi connectivity index (χ1) is 5.77. The molecular weight excluding hydrogens is 148 g/mol. The second kappa shape index (κ2) is 2.74. The maximum Gasteiger partial charge on any atom is 0.178 e. The van der Waals surface area contributed by atoms with Gasteiger partial charge in [-0.1, -0.05) is 25.1 Å². The van der Waals surface area contributed by atoms with Gasteiger partial charge in [0.2, 0.25) is 0 Å². The van der Waals surface area contributed by atoms with E-state index in [2.05, 4.69) is 13.0 Å². The van der Waals surface area contributed by atoms with Crippen LogP contribution in [0.2, 0.25) is 0 Å². The average Bonchev–Trinajstić information content (AvgIpc) is 2.75. The van der Waals surface area contributed by atoms with Crippen LogP contribution in [0.4, 0.5) is 0 Å². The van der Waals surface area contributed by atoms with Crippen molar-refractivity contribution in [1.29, 1.82) is 0 Å². The summed E-state index contributed by atoms with van der Waals surface area (Å²) in [6.45, 7) is 2.25. The van der Waals surface area contributed by atoms with Gasteiger partial charge >= 0.3 is 0 Å². The Hall–Kier alpha value is -1.11. The largest absolute Gasteiger partial charge is 0.290 e. The third-order valence-corrected chi connectivity index (χ3v) is 2.53. The van der Waals surface area contributed by atoms with Gasteiger partial charge in [-0.15, -0.1) is 0 Å². The molecule has 0 N–H and O–H groups in total. The molecule has 0 spiro atoms. The predicted octanol–water partition coefficient (Wildman–Crippen LogP) is 2.17. The molecule has 0 aromatic heterocycles. The fourth-order valence-corrected chi connectivity index (χ4v) is 1.58. The van der Waals surface area contributed by atoms with E-state index in [0.29, 0.717) is 5.92 Å². The molecule has 1 aromatic carbocycles. The van der Waals surface area contributed by atoms with Crippen LogP contribution in [0.25, 0.3) is 0 Å². The molecule has 0 heterocycles. The highest BCUT2D eigenvalue weighted by atomic mass is 16.1. The first kappa shape index (κ1) is 7.53. The number of rotatable bonds is 1. The van der Waals surface area contributed by atoms with E-state index >= 15 is 0 Å². The zero-order valence-electron chi connectivity index (χ0n) is 7.16. The summed E-state index contributed by atoms with van der Waals surface area (Å²) in [5, 5.41) is 0. The summed E-state index contributed by atoms with van der Waals surface area (Å²) in [5.74, 6) is 1.51. The van der Waals surface area contributed by atoms with Crippen molar-refractivity contribution in [3.8, 4) is 0 Å². The Morgan fingerprint density at radius 1 is 1.25 bits per heavy atom. The monoisotopic (exact) mass is 160 g/mol. The van der Waals surface area contributed by atoms with E-state index in [1.807, 2.05) is 12.1 Å². The van der Waals surface area contributed by atoms with Crippen LogP contribution >= 0.6 is 0 Å². The molecule has 1 heteroatoms. The third kappa shape index (κ3) is 1.40. The summed E-state index contributed by atoms with van der Waals surface area (Å²) in [6, 6.07) is 9.12. The van der Waals surface area contributed by atoms with Gasteiger partial charge in [0.05, 0.1) is 0 Å². The zero-order chi connectivity index (χ0) is 8.55. The SMILES string of the molecule is C[C@@H]1CC1c1cccc(=O)cc1. The molecule has 0 saturated heterocycles. The molecule has 62 valence electrons. The average molecular weight is 160 g/mol. The van der Waals surface area contributed by atoms with E-state index in [4.69, 9.17) is 0 Å². The molecule has 1 aliphatic rings. The molecule has 0 amide bonds. The maximum atomic E-state index is 10.9. The van der Waals surface area contributed by atoms with Gasteiger partial charge in [0, 0.05) is 0 Å². The van der Waals surface area contributed by atoms with Crippen molar-refractivity contribution >= 4 is 0 Å². The molecule has 1 fully saturated rings. The van der Waals surface area contributed by atoms with Crippen LogP contribution in [0.3, 0.4) is 0 Å². The Morgan fingerprint density at radius 2 is 2.00 bits per heavy atom. The lowest BCUT2D eigenvalue weighted by molar-refractivity contribution is 0.916. The molecule has 1 unspecified atom stereocenters. The van der Waals surface area contributed by atoms with Crippen LogP contribution in [0, 0.1) is 5.92 Å². The highest BCUT2D eigenvalue weighted by Crippen LogP contribution is 2.46. The number of hydrogen-bond acceptors (Lipinski definition) is 1. The molecule has 0 radical (unpaired) electrons. The second-order valence-corrected chi connectivity index (χ2v) is 3.58. The van der Waals surface area contributed by atoms with Crippen LogP contribution in [-0.4, -0.2) is 0 Å². The molecule has 2 rings (SSSR count). The summed E-state index contributed by atoms with van der Waals surface area (Å²) >= 11 is 0. The summed E-state index contributed by atoms with van der Waals surface area (Å²) < 4.78 is 0. The van der Waals surface area contributed by atoms with Crippen molar-refractivity contribution in [2.45, 2.75) is 19.3 Å². The molecule has 1 aliphatic carbocycles. The van der Waals surface area contributed by atoms with E-state index < -0.39 is 0 Å². The highest BCUT2D eigenvalue weighted by Gasteiger charge is 2.33. The van der Waals surface area contributed by atoms with Gasteiger partial charge in [-0.25, -0.2) is 0 Å². The lowest BCUT2D eigenvalue weighted by Gasteiger charge is -1.90. The topological polar surface area (TPSA) is 17.1 Å². The van der Waals surface area contributed by atoms with Gasteiger partial charge < -0.3 is 0 Å². The second-order valence-electron chi connectivity index (χ2n) is 3.58. The lowest BCUT2D eigenvalue weighted by Crippen LogP contribution is -1.87. The molecule has 2 atom stereocenters. The van der Waals surface area contributed by atoms with Crippen molar-refractivity contribution in [2.24, 2.45) is 5.92 Å². The summed E-state index contributed by atoms with van der Waals surface area (Å²) in [4.78, 5) is 10.9. The first-order valence-corrected chi connectivity index (χ1v) is 4.37. The minimum atomic E-state index is 0.0922. The molecule has 1 aromatic rings. The van der Waals surface area contributed by atoms with Crippen LogP contribution in [0.1, 0.15) is 24.8 Å². The number of hydrogen-bond donors (Lipinski definition) is 0. The van der Waals surface area contributed by atoms with Gasteiger partial charge in [-0.2, -0.15) is 0 Å². The summed E-state index contributed by atoms with van der Waals surface area (Å²) in [6.07, 6.45) is 1.28. The lowest BCUT2D eigenvalue weighted by atomic mass is 10.1. The molecule has 1 nitrogen and oxygen atoms in total. The molecular formula is C11H12O. The molecule has 0 aliphatic heterocycles. The Kier molecular flexibility index (Phi) is 1.72. The van der Waals surface area contributed by atoms with Crippen LogP contribution in [0.15, 0.2) is 35.1 Å². The van der Waals surface area contributed by atoms with Crippen molar-refractivity contribution in [1.82, 2.24) is 0 Å². The fourth-order valence-electron chi connectivity index (χ4n) is 1.58. The van der Waals surface area contributed by atoms with E-state index in [1.165, 1.54) is 12.0 Å². The minimum absolute atomic E-state index is 0.0922. The minimum Gasteiger partial charge on any atom is -0.290 e. The highest BCUT2D eigenvalue weighted by molar-refractivity contribution is 5.24. The summed E-state index contributed by atoms with van der Waals surface area (Å²) in [5.41, 5.74) is 1.40. The van der Waals surface area contributed by atoms with Crippen molar-refractivity contribution in [3.05, 3.63) is 46.1 Å². The van der Waals surface area contributed by atoms with Crippen molar-refractivity contribution in [2.75, 3.05) is 0 Å². The summed E-state index contributed by atoms with van der Waals surface area (Å²) in [7, 11) is 0. The zero-order valence-corrected chi connectivity index (χ0v) is 7.16. The standard InChI is InChI=1S/C11H12O/c1-8-7-11(8)9-3-2-4-10(12)6-5-9/h2-6,8,11H,7H2,1H3/t8-,11?/m1/s1. The first-order valence-electron chi connectivity index (χ1n) is 4.37. The van der Waals surface area contributed by atoms with Crippen LogP contribution in [0.5, 0.6) is 0 Å². The van der Waals surface area contributed by atoms with E-state index in [9.17, 15) is 4.79 Å². The van der Waals surface area contributed by atoms with Gasteiger partial charge in [-0.05, 0) is 36.0 Å². The quantitative estimate of drug-likeness (QED) is 0.615. The van der Waals surface area contributed by atoms with Gasteiger partial charge in [-0.3, -0.25) is 4.79 Å². The Balaban J connectivity index is 2.36. The van der Waals surface area contributed by atoms with Gasteiger partial charge in [0.15, 0.2) is 5.43 Å².